The zero-order valence-corrected chi connectivity index (χ0v) is 21.6. The summed E-state index contributed by atoms with van der Waals surface area (Å²) in [7, 11) is 0. The maximum absolute atomic E-state index is 13.0. The molecular weight excluding hydrogens is 452 g/mol. The molecule has 0 saturated heterocycles. The Morgan fingerprint density at radius 1 is 0.812 bits per heavy atom. The smallest absolute Gasteiger partial charge is 0.326 e. The number of amides is 3. The molecule has 0 aromatic carbocycles. The maximum atomic E-state index is 13.0. The molecule has 0 aliphatic rings. The van der Waals surface area contributed by atoms with Crippen molar-refractivity contribution in [3.63, 3.8) is 0 Å². The average Bonchev–Trinajstić information content (AvgIpc) is 2.71. The van der Waals surface area contributed by atoms with Gasteiger partial charge in [0.05, 0.1) is 6.04 Å². The molecular formula is C21H40N4O5S2. The second-order valence-corrected chi connectivity index (χ2v) is 10.5. The van der Waals surface area contributed by atoms with Crippen molar-refractivity contribution in [2.45, 2.75) is 71.1 Å². The van der Waals surface area contributed by atoms with Crippen molar-refractivity contribution >= 4 is 47.2 Å². The fourth-order valence-electron chi connectivity index (χ4n) is 2.90. The average molecular weight is 493 g/mol. The summed E-state index contributed by atoms with van der Waals surface area (Å²) >= 11 is 3.12. The number of carbonyl (C=O) groups excluding carboxylic acids is 3. The number of nitrogens with two attached hydrogens (primary N) is 1. The molecule has 0 unspecified atom stereocenters. The van der Waals surface area contributed by atoms with Gasteiger partial charge in [0.2, 0.25) is 17.7 Å². The Bertz CT molecular complexity index is 619. The van der Waals surface area contributed by atoms with Crippen molar-refractivity contribution in [1.29, 1.82) is 0 Å². The van der Waals surface area contributed by atoms with E-state index in [0.717, 1.165) is 5.75 Å². The Morgan fingerprint density at radius 2 is 1.34 bits per heavy atom. The minimum atomic E-state index is -1.12. The minimum Gasteiger partial charge on any atom is -0.480 e. The van der Waals surface area contributed by atoms with Gasteiger partial charge in [-0.05, 0) is 55.1 Å². The van der Waals surface area contributed by atoms with E-state index in [9.17, 15) is 24.3 Å². The fourth-order valence-corrected chi connectivity index (χ4v) is 3.86. The number of thioether (sulfide) groups is 2. The predicted molar refractivity (Wildman–Crippen MR) is 132 cm³/mol. The first kappa shape index (κ1) is 30.5. The zero-order chi connectivity index (χ0) is 24.8. The third-order valence-corrected chi connectivity index (χ3v) is 6.07. The van der Waals surface area contributed by atoms with E-state index in [4.69, 9.17) is 5.73 Å². The molecule has 0 saturated carbocycles. The van der Waals surface area contributed by atoms with Crippen molar-refractivity contribution in [3.8, 4) is 0 Å². The lowest BCUT2D eigenvalue weighted by atomic mass is 10.00. The highest BCUT2D eigenvalue weighted by Gasteiger charge is 2.31. The van der Waals surface area contributed by atoms with E-state index in [2.05, 4.69) is 16.0 Å². The molecule has 0 aromatic rings. The predicted octanol–water partition coefficient (Wildman–Crippen LogP) is 1.06. The molecule has 4 atom stereocenters. The van der Waals surface area contributed by atoms with E-state index in [1.807, 2.05) is 26.4 Å². The second kappa shape index (κ2) is 16.2. The fraction of sp³-hybridized carbons (Fsp3) is 0.810. The number of carbonyl (C=O) groups is 4. The Morgan fingerprint density at radius 3 is 1.81 bits per heavy atom. The van der Waals surface area contributed by atoms with Gasteiger partial charge in [-0.3, -0.25) is 14.4 Å². The molecule has 32 heavy (non-hydrogen) atoms. The van der Waals surface area contributed by atoms with E-state index in [-0.39, 0.29) is 18.3 Å². The van der Waals surface area contributed by atoms with Gasteiger partial charge in [-0.25, -0.2) is 4.79 Å². The van der Waals surface area contributed by atoms with E-state index in [1.54, 1.807) is 25.6 Å². The van der Waals surface area contributed by atoms with Crippen LogP contribution in [0.1, 0.15) is 47.0 Å². The van der Waals surface area contributed by atoms with Crippen molar-refractivity contribution < 1.29 is 24.3 Å². The molecule has 0 radical (unpaired) electrons. The van der Waals surface area contributed by atoms with E-state index >= 15 is 0 Å². The van der Waals surface area contributed by atoms with Gasteiger partial charge >= 0.3 is 5.97 Å². The van der Waals surface area contributed by atoms with Gasteiger partial charge < -0.3 is 26.8 Å². The number of nitrogens with one attached hydrogen (secondary N) is 3. The molecule has 0 spiro atoms. The molecule has 3 amide bonds. The number of carboxylic acids is 1. The molecule has 186 valence electrons. The summed E-state index contributed by atoms with van der Waals surface area (Å²) < 4.78 is 0. The molecule has 0 aliphatic carbocycles. The summed E-state index contributed by atoms with van der Waals surface area (Å²) in [6, 6.07) is -3.53. The Hall–Kier alpha value is -1.46. The van der Waals surface area contributed by atoms with E-state index in [1.165, 1.54) is 11.8 Å². The number of hydrogen-bond acceptors (Lipinski definition) is 7. The summed E-state index contributed by atoms with van der Waals surface area (Å²) in [6.07, 6.45) is 4.97. The molecule has 0 fully saturated rings. The van der Waals surface area contributed by atoms with Crippen LogP contribution in [0.3, 0.4) is 0 Å². The highest BCUT2D eigenvalue weighted by Crippen LogP contribution is 2.09. The summed E-state index contributed by atoms with van der Waals surface area (Å²) in [5, 5.41) is 17.3. The van der Waals surface area contributed by atoms with Gasteiger partial charge in [-0.1, -0.05) is 27.7 Å². The van der Waals surface area contributed by atoms with Gasteiger partial charge in [-0.15, -0.1) is 0 Å². The molecule has 9 nitrogen and oxygen atoms in total. The zero-order valence-electron chi connectivity index (χ0n) is 20.0. The van der Waals surface area contributed by atoms with Crippen molar-refractivity contribution in [3.05, 3.63) is 0 Å². The minimum absolute atomic E-state index is 0.0740. The molecule has 0 aliphatic heterocycles. The molecule has 0 heterocycles. The van der Waals surface area contributed by atoms with Crippen molar-refractivity contribution in [1.82, 2.24) is 16.0 Å². The first-order chi connectivity index (χ1) is 14.9. The van der Waals surface area contributed by atoms with Crippen LogP contribution in [-0.2, 0) is 19.2 Å². The first-order valence-electron chi connectivity index (χ1n) is 10.8. The summed E-state index contributed by atoms with van der Waals surface area (Å²) in [5.74, 6) is -1.43. The van der Waals surface area contributed by atoms with Gasteiger partial charge in [0.15, 0.2) is 0 Å². The lowest BCUT2D eigenvalue weighted by molar-refractivity contribution is -0.143. The van der Waals surface area contributed by atoms with Crippen LogP contribution in [0.5, 0.6) is 0 Å². The molecule has 0 aromatic heterocycles. The van der Waals surface area contributed by atoms with Crippen LogP contribution in [0, 0.1) is 11.8 Å². The largest absolute Gasteiger partial charge is 0.480 e. The highest BCUT2D eigenvalue weighted by molar-refractivity contribution is 7.98. The maximum Gasteiger partial charge on any atom is 0.326 e. The monoisotopic (exact) mass is 492 g/mol. The topological polar surface area (TPSA) is 151 Å². The van der Waals surface area contributed by atoms with Crippen LogP contribution in [-0.4, -0.2) is 77.0 Å². The summed E-state index contributed by atoms with van der Waals surface area (Å²) in [4.78, 5) is 49.7. The lowest BCUT2D eigenvalue weighted by Crippen LogP contribution is -2.58. The van der Waals surface area contributed by atoms with Crippen LogP contribution >= 0.6 is 23.5 Å². The second-order valence-electron chi connectivity index (χ2n) is 8.49. The highest BCUT2D eigenvalue weighted by atomic mass is 32.2. The normalized spacial score (nSPS) is 15.0. The van der Waals surface area contributed by atoms with E-state index in [0.29, 0.717) is 18.6 Å². The number of aliphatic carboxylic acids is 1. The van der Waals surface area contributed by atoms with Gasteiger partial charge in [0, 0.05) is 0 Å². The third kappa shape index (κ3) is 12.0. The van der Waals surface area contributed by atoms with Crippen LogP contribution in [0.15, 0.2) is 0 Å². The van der Waals surface area contributed by atoms with Gasteiger partial charge in [0.25, 0.3) is 0 Å². The van der Waals surface area contributed by atoms with Crippen LogP contribution in [0.2, 0.25) is 0 Å². The Kier molecular flexibility index (Phi) is 15.5. The lowest BCUT2D eigenvalue weighted by Gasteiger charge is -2.27. The standard InChI is InChI=1S/C21H40N4O5S2/c1-12(2)11-16(21(29)30)24-20(28)17(13(3)4)25-19(27)15(8-10-32-6)23-18(26)14(22)7-9-31-5/h12-17H,7-11,22H2,1-6H3,(H,23,26)(H,24,28)(H,25,27)(H,29,30)/t14-,15-,16-,17-/m0/s1. The molecule has 0 bridgehead atoms. The first-order valence-corrected chi connectivity index (χ1v) is 13.6. The number of hydrogen-bond donors (Lipinski definition) is 5. The number of carboxylic acid groups (broad SMARTS) is 1. The Balaban J connectivity index is 5.32. The SMILES string of the molecule is CSCC[C@H](NC(=O)[C@@H](N)CCSC)C(=O)N[C@H](C(=O)N[C@@H](CC(C)C)C(=O)O)C(C)C. The van der Waals surface area contributed by atoms with Gasteiger partial charge in [0.1, 0.15) is 18.1 Å². The van der Waals surface area contributed by atoms with E-state index < -0.39 is 47.9 Å². The third-order valence-electron chi connectivity index (χ3n) is 4.78. The molecule has 0 rings (SSSR count). The summed E-state index contributed by atoms with van der Waals surface area (Å²) in [6.45, 7) is 7.26. The molecule has 6 N–H and O–H groups in total. The molecule has 11 heteroatoms. The van der Waals surface area contributed by atoms with Crippen LogP contribution in [0.25, 0.3) is 0 Å². The number of rotatable bonds is 16. The van der Waals surface area contributed by atoms with Crippen molar-refractivity contribution in [2.24, 2.45) is 17.6 Å². The summed E-state index contributed by atoms with van der Waals surface area (Å²) in [5.41, 5.74) is 5.92. The Labute approximate surface area is 200 Å². The quantitative estimate of drug-likeness (QED) is 0.215. The van der Waals surface area contributed by atoms with Crippen LogP contribution in [0.4, 0.5) is 0 Å². The van der Waals surface area contributed by atoms with Crippen LogP contribution < -0.4 is 21.7 Å². The van der Waals surface area contributed by atoms with Crippen molar-refractivity contribution in [2.75, 3.05) is 24.0 Å². The van der Waals surface area contributed by atoms with Gasteiger partial charge in [-0.2, -0.15) is 23.5 Å².